The van der Waals surface area contributed by atoms with E-state index in [1.807, 2.05) is 12.1 Å². The fourth-order valence-corrected chi connectivity index (χ4v) is 1.70. The van der Waals surface area contributed by atoms with Gasteiger partial charge >= 0.3 is 0 Å². The summed E-state index contributed by atoms with van der Waals surface area (Å²) in [6.07, 6.45) is 1.08. The third-order valence-electron chi connectivity index (χ3n) is 4.14. The smallest absolute Gasteiger partial charge is 0.240 e. The Balaban J connectivity index is 2.74. The van der Waals surface area contributed by atoms with Gasteiger partial charge in [0.1, 0.15) is 17.9 Å². The van der Waals surface area contributed by atoms with Crippen LogP contribution in [0.1, 0.15) is 39.7 Å². The topological polar surface area (TPSA) is 64.3 Å². The summed E-state index contributed by atoms with van der Waals surface area (Å²) < 4.78 is 5.66. The number of nitrogens with one attached hydrogen (secondary N) is 1. The molecule has 0 saturated carbocycles. The molecule has 1 aromatic carbocycles. The van der Waals surface area contributed by atoms with Crippen LogP contribution in [0.15, 0.2) is 24.3 Å². The molecule has 1 atom stereocenters. The fraction of sp³-hybridized carbons (Fsp3) is 0.562. The van der Waals surface area contributed by atoms with Gasteiger partial charge in [-0.1, -0.05) is 32.9 Å². The molecule has 0 aliphatic carbocycles. The molecule has 1 aromatic rings. The monoisotopic (exact) mass is 278 g/mol. The molecule has 1 rings (SSSR count). The van der Waals surface area contributed by atoms with Gasteiger partial charge in [0.25, 0.3) is 0 Å². The quantitative estimate of drug-likeness (QED) is 0.804. The van der Waals surface area contributed by atoms with Crippen LogP contribution in [0.25, 0.3) is 0 Å². The van der Waals surface area contributed by atoms with Crippen molar-refractivity contribution in [3.05, 3.63) is 29.8 Å². The highest BCUT2D eigenvalue weighted by molar-refractivity contribution is 5.84. The molecule has 4 nitrogen and oxygen atoms in total. The number of likely N-dealkylation sites (N-methyl/N-ethyl adjacent to an activating group) is 1. The number of hydrogen-bond donors (Lipinski definition) is 2. The SMILES string of the molecule is CCC(C)(C)c1ccc(OCC(C)(NC)C(N)=O)cc1. The molecule has 0 heterocycles. The van der Waals surface area contributed by atoms with Crippen molar-refractivity contribution in [2.24, 2.45) is 5.73 Å². The first-order valence-electron chi connectivity index (χ1n) is 6.97. The first-order chi connectivity index (χ1) is 9.25. The van der Waals surface area contributed by atoms with Gasteiger partial charge < -0.3 is 15.8 Å². The Bertz CT molecular complexity index is 454. The van der Waals surface area contributed by atoms with Crippen LogP contribution >= 0.6 is 0 Å². The molecule has 1 amide bonds. The average molecular weight is 278 g/mol. The average Bonchev–Trinajstić information content (AvgIpc) is 2.45. The van der Waals surface area contributed by atoms with Crippen molar-refractivity contribution < 1.29 is 9.53 Å². The molecule has 112 valence electrons. The molecular weight excluding hydrogens is 252 g/mol. The maximum absolute atomic E-state index is 11.4. The predicted molar refractivity (Wildman–Crippen MR) is 81.9 cm³/mol. The summed E-state index contributed by atoms with van der Waals surface area (Å²) in [6, 6.07) is 8.01. The van der Waals surface area contributed by atoms with E-state index in [2.05, 4.69) is 38.2 Å². The summed E-state index contributed by atoms with van der Waals surface area (Å²) in [4.78, 5) is 11.4. The van der Waals surface area contributed by atoms with E-state index >= 15 is 0 Å². The van der Waals surface area contributed by atoms with Crippen LogP contribution in [-0.4, -0.2) is 25.1 Å². The van der Waals surface area contributed by atoms with Crippen molar-refractivity contribution in [1.82, 2.24) is 5.32 Å². The van der Waals surface area contributed by atoms with Crippen molar-refractivity contribution in [2.45, 2.75) is 45.1 Å². The fourth-order valence-electron chi connectivity index (χ4n) is 1.70. The van der Waals surface area contributed by atoms with Crippen molar-refractivity contribution in [2.75, 3.05) is 13.7 Å². The zero-order chi connectivity index (χ0) is 15.4. The van der Waals surface area contributed by atoms with E-state index in [4.69, 9.17) is 10.5 Å². The molecule has 0 spiro atoms. The Morgan fingerprint density at radius 3 is 2.20 bits per heavy atom. The summed E-state index contributed by atoms with van der Waals surface area (Å²) in [5, 5.41) is 2.89. The second-order valence-electron chi connectivity index (χ2n) is 6.00. The minimum absolute atomic E-state index is 0.158. The summed E-state index contributed by atoms with van der Waals surface area (Å²) >= 11 is 0. The first kappa shape index (κ1) is 16.5. The Morgan fingerprint density at radius 2 is 1.80 bits per heavy atom. The molecule has 3 N–H and O–H groups in total. The number of amides is 1. The largest absolute Gasteiger partial charge is 0.491 e. The zero-order valence-corrected chi connectivity index (χ0v) is 13.1. The van der Waals surface area contributed by atoms with Crippen LogP contribution in [-0.2, 0) is 10.2 Å². The summed E-state index contributed by atoms with van der Waals surface area (Å²) in [5.74, 6) is 0.312. The Labute approximate surface area is 121 Å². The highest BCUT2D eigenvalue weighted by Gasteiger charge is 2.30. The molecule has 0 aromatic heterocycles. The third-order valence-corrected chi connectivity index (χ3v) is 4.14. The number of ether oxygens (including phenoxy) is 1. The number of primary amides is 1. The predicted octanol–water partition coefficient (Wildman–Crippen LogP) is 2.22. The minimum Gasteiger partial charge on any atom is -0.491 e. The van der Waals surface area contributed by atoms with Crippen LogP contribution in [0, 0.1) is 0 Å². The van der Waals surface area contributed by atoms with E-state index < -0.39 is 11.4 Å². The number of carbonyl (C=O) groups excluding carboxylic acids is 1. The zero-order valence-electron chi connectivity index (χ0n) is 13.1. The molecule has 4 heteroatoms. The molecular formula is C16H26N2O2. The molecule has 20 heavy (non-hydrogen) atoms. The summed E-state index contributed by atoms with van der Waals surface area (Å²) in [6.45, 7) is 8.54. The lowest BCUT2D eigenvalue weighted by Gasteiger charge is -2.26. The van der Waals surface area contributed by atoms with Gasteiger partial charge in [0, 0.05) is 0 Å². The number of nitrogens with two attached hydrogens (primary N) is 1. The van der Waals surface area contributed by atoms with E-state index in [9.17, 15) is 4.79 Å². The summed E-state index contributed by atoms with van der Waals surface area (Å²) in [7, 11) is 1.70. The van der Waals surface area contributed by atoms with Gasteiger partial charge in [-0.2, -0.15) is 0 Å². The van der Waals surface area contributed by atoms with Gasteiger partial charge in [-0.05, 0) is 43.5 Å². The number of benzene rings is 1. The van der Waals surface area contributed by atoms with Crippen LogP contribution in [0.3, 0.4) is 0 Å². The second kappa shape index (κ2) is 6.27. The Hall–Kier alpha value is -1.55. The van der Waals surface area contributed by atoms with Crippen LogP contribution in [0.2, 0.25) is 0 Å². The maximum atomic E-state index is 11.4. The van der Waals surface area contributed by atoms with Gasteiger partial charge in [-0.15, -0.1) is 0 Å². The standard InChI is InChI=1S/C16H26N2O2/c1-6-15(2,3)12-7-9-13(10-8-12)20-11-16(4,18-5)14(17)19/h7-10,18H,6,11H2,1-5H3,(H2,17,19). The van der Waals surface area contributed by atoms with Gasteiger partial charge in [-0.3, -0.25) is 4.79 Å². The van der Waals surface area contributed by atoms with Crippen LogP contribution in [0.5, 0.6) is 5.75 Å². The van der Waals surface area contributed by atoms with E-state index in [-0.39, 0.29) is 12.0 Å². The van der Waals surface area contributed by atoms with Crippen LogP contribution in [0.4, 0.5) is 0 Å². The highest BCUT2D eigenvalue weighted by Crippen LogP contribution is 2.28. The van der Waals surface area contributed by atoms with Crippen molar-refractivity contribution in [3.63, 3.8) is 0 Å². The van der Waals surface area contributed by atoms with Crippen LogP contribution < -0.4 is 15.8 Å². The molecule has 0 radical (unpaired) electrons. The number of hydrogen-bond acceptors (Lipinski definition) is 3. The van der Waals surface area contributed by atoms with Crippen molar-refractivity contribution >= 4 is 5.91 Å². The maximum Gasteiger partial charge on any atom is 0.240 e. The Morgan fingerprint density at radius 1 is 1.25 bits per heavy atom. The van der Waals surface area contributed by atoms with Crippen molar-refractivity contribution in [1.29, 1.82) is 0 Å². The highest BCUT2D eigenvalue weighted by atomic mass is 16.5. The van der Waals surface area contributed by atoms with Gasteiger partial charge in [-0.25, -0.2) is 0 Å². The van der Waals surface area contributed by atoms with E-state index in [1.54, 1.807) is 14.0 Å². The lowest BCUT2D eigenvalue weighted by atomic mass is 9.82. The van der Waals surface area contributed by atoms with E-state index in [0.717, 1.165) is 12.2 Å². The van der Waals surface area contributed by atoms with Gasteiger partial charge in [0.2, 0.25) is 5.91 Å². The van der Waals surface area contributed by atoms with E-state index in [0.29, 0.717) is 0 Å². The third kappa shape index (κ3) is 3.73. The van der Waals surface area contributed by atoms with Crippen molar-refractivity contribution in [3.8, 4) is 5.75 Å². The first-order valence-corrected chi connectivity index (χ1v) is 6.97. The van der Waals surface area contributed by atoms with Gasteiger partial charge in [0.05, 0.1) is 0 Å². The second-order valence-corrected chi connectivity index (χ2v) is 6.00. The number of carbonyl (C=O) groups is 1. The van der Waals surface area contributed by atoms with Gasteiger partial charge in [0.15, 0.2) is 0 Å². The molecule has 0 fully saturated rings. The molecule has 0 aliphatic rings. The molecule has 0 aliphatic heterocycles. The normalized spacial score (nSPS) is 14.7. The lowest BCUT2D eigenvalue weighted by Crippen LogP contribution is -2.55. The molecule has 0 bridgehead atoms. The Kier molecular flexibility index (Phi) is 5.17. The molecule has 1 unspecified atom stereocenters. The summed E-state index contributed by atoms with van der Waals surface area (Å²) in [5.41, 5.74) is 5.94. The lowest BCUT2D eigenvalue weighted by molar-refractivity contribution is -0.124. The molecule has 0 saturated heterocycles. The number of rotatable bonds is 7. The minimum atomic E-state index is -0.860. The van der Waals surface area contributed by atoms with E-state index in [1.165, 1.54) is 5.56 Å².